The molecule has 8 nitrogen and oxygen atoms in total. The van der Waals surface area contributed by atoms with Crippen LogP contribution >= 0.6 is 23.2 Å². The zero-order chi connectivity index (χ0) is 23.2. The number of hydrogen-bond acceptors (Lipinski definition) is 7. The summed E-state index contributed by atoms with van der Waals surface area (Å²) < 4.78 is 38.4. The molecule has 0 fully saturated rings. The van der Waals surface area contributed by atoms with Gasteiger partial charge in [0, 0.05) is 12.3 Å². The molecule has 0 aliphatic rings. The molecule has 31 heavy (non-hydrogen) atoms. The van der Waals surface area contributed by atoms with Crippen LogP contribution in [0.3, 0.4) is 0 Å². The number of ether oxygens (including phenoxy) is 3. The lowest BCUT2D eigenvalue weighted by Crippen LogP contribution is -2.20. The van der Waals surface area contributed by atoms with Gasteiger partial charge in [-0.25, -0.2) is 13.2 Å². The summed E-state index contributed by atoms with van der Waals surface area (Å²) in [6.07, 6.45) is 3.57. The van der Waals surface area contributed by atoms with Crippen LogP contribution in [0.1, 0.15) is 5.56 Å². The maximum Gasteiger partial charge on any atom is 0.331 e. The molecule has 0 heterocycles. The van der Waals surface area contributed by atoms with Gasteiger partial charge in [-0.15, -0.1) is 0 Å². The Bertz CT molecular complexity index is 1130. The highest BCUT2D eigenvalue weighted by Crippen LogP contribution is 2.36. The van der Waals surface area contributed by atoms with E-state index in [9.17, 15) is 18.0 Å². The van der Waals surface area contributed by atoms with E-state index in [1.807, 2.05) is 0 Å². The van der Waals surface area contributed by atoms with Gasteiger partial charge in [0.15, 0.2) is 27.9 Å². The molecule has 166 valence electrons. The Morgan fingerprint density at radius 1 is 1.06 bits per heavy atom. The number of hydrogen-bond donors (Lipinski definition) is 1. The third-order valence-electron chi connectivity index (χ3n) is 3.85. The van der Waals surface area contributed by atoms with E-state index in [0.717, 1.165) is 12.3 Å². The van der Waals surface area contributed by atoms with Gasteiger partial charge in [-0.1, -0.05) is 23.2 Å². The lowest BCUT2D eigenvalue weighted by atomic mass is 10.2. The maximum absolute atomic E-state index is 12.0. The Kier molecular flexibility index (Phi) is 8.32. The Hall–Kier alpha value is -2.75. The normalized spacial score (nSPS) is 11.3. The number of carbonyl (C=O) groups excluding carboxylic acids is 2. The Balaban J connectivity index is 1.99. The zero-order valence-electron chi connectivity index (χ0n) is 16.8. The van der Waals surface area contributed by atoms with Crippen LogP contribution in [0.5, 0.6) is 11.5 Å². The molecule has 0 bridgehead atoms. The average molecular weight is 488 g/mol. The molecular weight excluding hydrogens is 469 g/mol. The molecule has 0 atom stereocenters. The summed E-state index contributed by atoms with van der Waals surface area (Å²) in [4.78, 5) is 23.9. The molecule has 0 aliphatic carbocycles. The zero-order valence-corrected chi connectivity index (χ0v) is 19.1. The summed E-state index contributed by atoms with van der Waals surface area (Å²) in [6, 6.07) is 7.06. The number of sulfone groups is 1. The van der Waals surface area contributed by atoms with Crippen molar-refractivity contribution in [3.63, 3.8) is 0 Å². The summed E-state index contributed by atoms with van der Waals surface area (Å²) >= 11 is 12.1. The highest BCUT2D eigenvalue weighted by atomic mass is 35.5. The van der Waals surface area contributed by atoms with E-state index in [2.05, 4.69) is 5.32 Å². The molecule has 1 N–H and O–H groups in total. The van der Waals surface area contributed by atoms with Crippen LogP contribution in [0.4, 0.5) is 5.69 Å². The van der Waals surface area contributed by atoms with Crippen LogP contribution < -0.4 is 14.8 Å². The number of methoxy groups -OCH3 is 2. The van der Waals surface area contributed by atoms with Crippen molar-refractivity contribution in [1.82, 2.24) is 0 Å². The average Bonchev–Trinajstić information content (AvgIpc) is 2.71. The minimum absolute atomic E-state index is 0.0132. The van der Waals surface area contributed by atoms with E-state index in [1.54, 1.807) is 12.1 Å². The van der Waals surface area contributed by atoms with Crippen LogP contribution in [-0.2, 0) is 24.2 Å². The summed E-state index contributed by atoms with van der Waals surface area (Å²) in [5, 5.41) is 2.83. The van der Waals surface area contributed by atoms with E-state index in [4.69, 9.17) is 37.4 Å². The maximum atomic E-state index is 12.0. The number of esters is 1. The second-order valence-electron chi connectivity index (χ2n) is 6.14. The first kappa shape index (κ1) is 24.5. The third kappa shape index (κ3) is 6.88. The number of benzene rings is 2. The van der Waals surface area contributed by atoms with Crippen LogP contribution in [0, 0.1) is 0 Å². The molecule has 0 unspecified atom stereocenters. The first-order chi connectivity index (χ1) is 14.5. The van der Waals surface area contributed by atoms with Crippen LogP contribution in [0.2, 0.25) is 10.0 Å². The summed E-state index contributed by atoms with van der Waals surface area (Å²) in [5.74, 6) is -0.727. The molecule has 1 amide bonds. The van der Waals surface area contributed by atoms with Gasteiger partial charge in [0.1, 0.15) is 0 Å². The Morgan fingerprint density at radius 3 is 2.39 bits per heavy atom. The summed E-state index contributed by atoms with van der Waals surface area (Å²) in [5.41, 5.74) is 0.634. The van der Waals surface area contributed by atoms with Crippen molar-refractivity contribution in [3.05, 3.63) is 52.0 Å². The fraction of sp³-hybridized carbons (Fsp3) is 0.200. The molecule has 2 aromatic rings. The molecule has 0 aromatic heterocycles. The summed E-state index contributed by atoms with van der Waals surface area (Å²) in [6.45, 7) is -0.602. The van der Waals surface area contributed by atoms with Crippen LogP contribution in [0.25, 0.3) is 6.08 Å². The quantitative estimate of drug-likeness (QED) is 0.447. The van der Waals surface area contributed by atoms with Crippen LogP contribution in [-0.4, -0.2) is 47.4 Å². The molecule has 11 heteroatoms. The minimum Gasteiger partial charge on any atom is -0.493 e. The van der Waals surface area contributed by atoms with Crippen molar-refractivity contribution in [2.45, 2.75) is 4.90 Å². The predicted octanol–water partition coefficient (Wildman–Crippen LogP) is 3.61. The smallest absolute Gasteiger partial charge is 0.331 e. The van der Waals surface area contributed by atoms with Gasteiger partial charge in [-0.05, 0) is 42.0 Å². The fourth-order valence-electron chi connectivity index (χ4n) is 2.40. The lowest BCUT2D eigenvalue weighted by molar-refractivity contribution is -0.142. The fourth-order valence-corrected chi connectivity index (χ4v) is 3.51. The molecule has 2 rings (SSSR count). The second kappa shape index (κ2) is 10.5. The number of rotatable bonds is 8. The van der Waals surface area contributed by atoms with Crippen LogP contribution in [0.15, 0.2) is 41.3 Å². The van der Waals surface area contributed by atoms with Crippen molar-refractivity contribution >= 4 is 56.7 Å². The molecule has 0 saturated heterocycles. The van der Waals surface area contributed by atoms with Gasteiger partial charge in [-0.3, -0.25) is 4.79 Å². The SMILES string of the molecule is COc1cc(/C=C/C(=O)OCC(=O)Nc2cc(S(C)(=O)=O)ccc2Cl)cc(Cl)c1OC. The van der Waals surface area contributed by atoms with Crippen molar-refractivity contribution < 1.29 is 32.2 Å². The van der Waals surface area contributed by atoms with Gasteiger partial charge < -0.3 is 19.5 Å². The van der Waals surface area contributed by atoms with Gasteiger partial charge in [0.25, 0.3) is 5.91 Å². The number of anilines is 1. The molecule has 0 saturated carbocycles. The van der Waals surface area contributed by atoms with E-state index in [0.29, 0.717) is 22.1 Å². The predicted molar refractivity (Wildman–Crippen MR) is 118 cm³/mol. The van der Waals surface area contributed by atoms with Crippen molar-refractivity contribution in [2.75, 3.05) is 32.4 Å². The van der Waals surface area contributed by atoms with E-state index in [-0.39, 0.29) is 15.6 Å². The standard InChI is InChI=1S/C20H19Cl2NO7S/c1-28-17-9-12(8-15(22)20(17)29-2)4-7-19(25)30-11-18(24)23-16-10-13(31(3,26)27)5-6-14(16)21/h4-10H,11H2,1-3H3,(H,23,24)/b7-4+. The molecular formula is C20H19Cl2NO7S. The third-order valence-corrected chi connectivity index (χ3v) is 5.57. The summed E-state index contributed by atoms with van der Waals surface area (Å²) in [7, 11) is -0.579. The van der Waals surface area contributed by atoms with Gasteiger partial charge in [0.05, 0.1) is 34.8 Å². The molecule has 0 radical (unpaired) electrons. The highest BCUT2D eigenvalue weighted by molar-refractivity contribution is 7.90. The van der Waals surface area contributed by atoms with Crippen molar-refractivity contribution in [1.29, 1.82) is 0 Å². The number of amides is 1. The topological polar surface area (TPSA) is 108 Å². The molecule has 2 aromatic carbocycles. The first-order valence-electron chi connectivity index (χ1n) is 8.61. The second-order valence-corrected chi connectivity index (χ2v) is 8.97. The van der Waals surface area contributed by atoms with Gasteiger partial charge in [-0.2, -0.15) is 0 Å². The monoisotopic (exact) mass is 487 g/mol. The molecule has 0 aliphatic heterocycles. The van der Waals surface area contributed by atoms with E-state index in [1.165, 1.54) is 38.5 Å². The van der Waals surface area contributed by atoms with E-state index < -0.39 is 28.3 Å². The lowest BCUT2D eigenvalue weighted by Gasteiger charge is -2.10. The highest BCUT2D eigenvalue weighted by Gasteiger charge is 2.14. The Morgan fingerprint density at radius 2 is 1.77 bits per heavy atom. The number of halogens is 2. The molecule has 0 spiro atoms. The Labute approximate surface area is 189 Å². The van der Waals surface area contributed by atoms with Crippen molar-refractivity contribution in [2.24, 2.45) is 0 Å². The minimum atomic E-state index is -3.48. The van der Waals surface area contributed by atoms with Crippen molar-refractivity contribution in [3.8, 4) is 11.5 Å². The number of carbonyl (C=O) groups is 2. The number of nitrogens with one attached hydrogen (secondary N) is 1. The first-order valence-corrected chi connectivity index (χ1v) is 11.3. The largest absolute Gasteiger partial charge is 0.493 e. The van der Waals surface area contributed by atoms with E-state index >= 15 is 0 Å². The van der Waals surface area contributed by atoms with Gasteiger partial charge in [0.2, 0.25) is 0 Å². The van der Waals surface area contributed by atoms with Gasteiger partial charge >= 0.3 is 5.97 Å².